The number of anilines is 1. The molecule has 0 atom stereocenters. The van der Waals surface area contributed by atoms with E-state index in [2.05, 4.69) is 10.2 Å². The SMILES string of the molecule is O=C(CN1CCN(C(=O)Nc2ccc([N+](=O)[O-])cc2)CC1)N1CCCCCC1. The third kappa shape index (κ3) is 5.41. The topological polar surface area (TPSA) is 99.0 Å². The van der Waals surface area contributed by atoms with Gasteiger partial charge in [-0.3, -0.25) is 19.8 Å². The molecule has 2 saturated heterocycles. The van der Waals surface area contributed by atoms with Gasteiger partial charge in [0, 0.05) is 57.1 Å². The number of nitrogens with one attached hydrogen (secondary N) is 1. The summed E-state index contributed by atoms with van der Waals surface area (Å²) in [6.07, 6.45) is 4.57. The standard InChI is InChI=1S/C19H27N5O4/c25-18(22-9-3-1-2-4-10-22)15-21-11-13-23(14-12-21)19(26)20-16-5-7-17(8-6-16)24(27)28/h5-8H,1-4,9-15H2,(H,20,26). The minimum atomic E-state index is -0.474. The van der Waals surface area contributed by atoms with Crippen molar-refractivity contribution in [2.24, 2.45) is 0 Å². The highest BCUT2D eigenvalue weighted by molar-refractivity contribution is 5.89. The van der Waals surface area contributed by atoms with Crippen molar-refractivity contribution in [2.75, 3.05) is 51.1 Å². The molecule has 2 fully saturated rings. The van der Waals surface area contributed by atoms with E-state index in [0.29, 0.717) is 38.4 Å². The van der Waals surface area contributed by atoms with Gasteiger partial charge in [0.15, 0.2) is 0 Å². The number of hydrogen-bond acceptors (Lipinski definition) is 5. The smallest absolute Gasteiger partial charge is 0.321 e. The molecular weight excluding hydrogens is 362 g/mol. The Hall–Kier alpha value is -2.68. The summed E-state index contributed by atoms with van der Waals surface area (Å²) in [5, 5.41) is 13.4. The Morgan fingerprint density at radius 1 is 0.893 bits per heavy atom. The highest BCUT2D eigenvalue weighted by atomic mass is 16.6. The van der Waals surface area contributed by atoms with E-state index in [0.717, 1.165) is 25.9 Å². The van der Waals surface area contributed by atoms with E-state index >= 15 is 0 Å². The molecule has 0 aromatic heterocycles. The maximum absolute atomic E-state index is 12.5. The summed E-state index contributed by atoms with van der Waals surface area (Å²) in [6.45, 7) is 4.55. The monoisotopic (exact) mass is 389 g/mol. The van der Waals surface area contributed by atoms with Crippen molar-refractivity contribution < 1.29 is 14.5 Å². The van der Waals surface area contributed by atoms with E-state index in [1.54, 1.807) is 4.90 Å². The van der Waals surface area contributed by atoms with Crippen LogP contribution in [0, 0.1) is 10.1 Å². The Labute approximate surface area is 164 Å². The third-order valence-corrected chi connectivity index (χ3v) is 5.31. The number of non-ortho nitro benzene ring substituents is 1. The maximum Gasteiger partial charge on any atom is 0.321 e. The average Bonchev–Trinajstić information content (AvgIpc) is 2.98. The van der Waals surface area contributed by atoms with Crippen molar-refractivity contribution in [1.82, 2.24) is 14.7 Å². The number of rotatable bonds is 4. The van der Waals surface area contributed by atoms with E-state index in [4.69, 9.17) is 0 Å². The first kappa shape index (κ1) is 20.1. The number of nitro groups is 1. The molecule has 2 aliphatic heterocycles. The van der Waals surface area contributed by atoms with Gasteiger partial charge in [-0.15, -0.1) is 0 Å². The first-order valence-electron chi connectivity index (χ1n) is 9.83. The third-order valence-electron chi connectivity index (χ3n) is 5.31. The molecule has 1 N–H and O–H groups in total. The Kier molecular flexibility index (Phi) is 6.80. The number of benzene rings is 1. The minimum absolute atomic E-state index is 0.0133. The fourth-order valence-corrected chi connectivity index (χ4v) is 3.59. The van der Waals surface area contributed by atoms with Gasteiger partial charge in [0.05, 0.1) is 11.5 Å². The van der Waals surface area contributed by atoms with Crippen LogP contribution < -0.4 is 5.32 Å². The Balaban J connectivity index is 1.43. The molecule has 0 unspecified atom stereocenters. The van der Waals surface area contributed by atoms with Crippen molar-refractivity contribution in [3.05, 3.63) is 34.4 Å². The molecule has 28 heavy (non-hydrogen) atoms. The highest BCUT2D eigenvalue weighted by Crippen LogP contribution is 2.16. The predicted molar refractivity (Wildman–Crippen MR) is 105 cm³/mol. The first-order valence-corrected chi connectivity index (χ1v) is 9.83. The van der Waals surface area contributed by atoms with Crippen LogP contribution in [-0.4, -0.2) is 77.4 Å². The lowest BCUT2D eigenvalue weighted by molar-refractivity contribution is -0.384. The molecule has 0 bridgehead atoms. The van der Waals surface area contributed by atoms with E-state index < -0.39 is 4.92 Å². The molecule has 3 amide bonds. The van der Waals surface area contributed by atoms with Crippen molar-refractivity contribution >= 4 is 23.3 Å². The average molecular weight is 389 g/mol. The molecule has 1 aromatic carbocycles. The Morgan fingerprint density at radius 2 is 1.50 bits per heavy atom. The fourth-order valence-electron chi connectivity index (χ4n) is 3.59. The molecule has 9 nitrogen and oxygen atoms in total. The number of nitro benzene ring substituents is 1. The maximum atomic E-state index is 12.5. The van der Waals surface area contributed by atoms with Crippen molar-refractivity contribution in [1.29, 1.82) is 0 Å². The zero-order valence-electron chi connectivity index (χ0n) is 16.0. The van der Waals surface area contributed by atoms with Gasteiger partial charge in [0.2, 0.25) is 5.91 Å². The van der Waals surface area contributed by atoms with Gasteiger partial charge in [-0.1, -0.05) is 12.8 Å². The normalized spacial score (nSPS) is 18.4. The quantitative estimate of drug-likeness (QED) is 0.628. The largest absolute Gasteiger partial charge is 0.342 e. The Morgan fingerprint density at radius 3 is 2.07 bits per heavy atom. The second-order valence-corrected chi connectivity index (χ2v) is 7.29. The molecule has 0 radical (unpaired) electrons. The summed E-state index contributed by atoms with van der Waals surface area (Å²) in [4.78, 5) is 40.9. The van der Waals surface area contributed by atoms with Gasteiger partial charge in [-0.2, -0.15) is 0 Å². The number of hydrogen-bond donors (Lipinski definition) is 1. The predicted octanol–water partition coefficient (Wildman–Crippen LogP) is 2.15. The molecule has 0 saturated carbocycles. The van der Waals surface area contributed by atoms with Crippen LogP contribution in [0.15, 0.2) is 24.3 Å². The zero-order valence-corrected chi connectivity index (χ0v) is 16.0. The van der Waals surface area contributed by atoms with Crippen LogP contribution in [-0.2, 0) is 4.79 Å². The minimum Gasteiger partial charge on any atom is -0.342 e. The van der Waals surface area contributed by atoms with Gasteiger partial charge in [0.1, 0.15) is 0 Å². The summed E-state index contributed by atoms with van der Waals surface area (Å²) in [5.41, 5.74) is 0.509. The lowest BCUT2D eigenvalue weighted by Gasteiger charge is -2.35. The molecule has 2 heterocycles. The number of nitrogens with zero attached hydrogens (tertiary/aromatic N) is 4. The van der Waals surface area contributed by atoms with Gasteiger partial charge in [0.25, 0.3) is 5.69 Å². The number of amides is 3. The molecular formula is C19H27N5O4. The number of urea groups is 1. The summed E-state index contributed by atoms with van der Waals surface area (Å²) < 4.78 is 0. The van der Waals surface area contributed by atoms with Gasteiger partial charge in [-0.25, -0.2) is 4.79 Å². The summed E-state index contributed by atoms with van der Waals surface area (Å²) in [6, 6.07) is 5.54. The fraction of sp³-hybridized carbons (Fsp3) is 0.579. The molecule has 0 spiro atoms. The van der Waals surface area contributed by atoms with Gasteiger partial charge in [-0.05, 0) is 25.0 Å². The highest BCUT2D eigenvalue weighted by Gasteiger charge is 2.24. The lowest BCUT2D eigenvalue weighted by Crippen LogP contribution is -2.52. The van der Waals surface area contributed by atoms with Crippen molar-refractivity contribution in [3.8, 4) is 0 Å². The van der Waals surface area contributed by atoms with Crippen LogP contribution in [0.3, 0.4) is 0 Å². The number of carbonyl (C=O) groups excluding carboxylic acids is 2. The van der Waals surface area contributed by atoms with Crippen LogP contribution in [0.4, 0.5) is 16.2 Å². The van der Waals surface area contributed by atoms with Crippen LogP contribution in [0.5, 0.6) is 0 Å². The van der Waals surface area contributed by atoms with Crippen LogP contribution >= 0.6 is 0 Å². The number of carbonyl (C=O) groups is 2. The number of likely N-dealkylation sites (tertiary alicyclic amines) is 1. The summed E-state index contributed by atoms with van der Waals surface area (Å²) in [7, 11) is 0. The zero-order chi connectivity index (χ0) is 19.9. The van der Waals surface area contributed by atoms with Crippen LogP contribution in [0.25, 0.3) is 0 Å². The second kappa shape index (κ2) is 9.50. The van der Waals surface area contributed by atoms with E-state index in [9.17, 15) is 19.7 Å². The second-order valence-electron chi connectivity index (χ2n) is 7.29. The Bertz CT molecular complexity index is 693. The van der Waals surface area contributed by atoms with E-state index in [-0.39, 0.29) is 17.6 Å². The van der Waals surface area contributed by atoms with Gasteiger partial charge < -0.3 is 15.1 Å². The molecule has 2 aliphatic rings. The molecule has 1 aromatic rings. The van der Waals surface area contributed by atoms with Gasteiger partial charge >= 0.3 is 6.03 Å². The van der Waals surface area contributed by atoms with Crippen LogP contribution in [0.2, 0.25) is 0 Å². The van der Waals surface area contributed by atoms with Crippen molar-refractivity contribution in [2.45, 2.75) is 25.7 Å². The number of piperazine rings is 1. The van der Waals surface area contributed by atoms with Crippen LogP contribution in [0.1, 0.15) is 25.7 Å². The first-order chi connectivity index (χ1) is 13.5. The van der Waals surface area contributed by atoms with E-state index in [1.165, 1.54) is 37.1 Å². The molecule has 0 aliphatic carbocycles. The summed E-state index contributed by atoms with van der Waals surface area (Å²) in [5.74, 6) is 0.186. The van der Waals surface area contributed by atoms with E-state index in [1.807, 2.05) is 4.90 Å². The summed E-state index contributed by atoms with van der Waals surface area (Å²) >= 11 is 0. The lowest BCUT2D eigenvalue weighted by atomic mass is 10.2. The molecule has 3 rings (SSSR count). The molecule has 9 heteroatoms. The molecule has 152 valence electrons. The van der Waals surface area contributed by atoms with Crippen molar-refractivity contribution in [3.63, 3.8) is 0 Å².